The van der Waals surface area contributed by atoms with Gasteiger partial charge in [0.25, 0.3) is 0 Å². The summed E-state index contributed by atoms with van der Waals surface area (Å²) in [7, 11) is 0. The van der Waals surface area contributed by atoms with Crippen molar-refractivity contribution in [1.82, 2.24) is 9.80 Å². The van der Waals surface area contributed by atoms with E-state index in [2.05, 4.69) is 47.1 Å². The Hall–Kier alpha value is -0.550. The van der Waals surface area contributed by atoms with Crippen LogP contribution in [0.4, 0.5) is 0 Å². The minimum absolute atomic E-state index is 0.732. The molecular weight excluding hydrogens is 280 g/mol. The molecule has 4 heteroatoms. The van der Waals surface area contributed by atoms with Gasteiger partial charge in [-0.05, 0) is 18.1 Å². The van der Waals surface area contributed by atoms with Crippen LogP contribution in [0.1, 0.15) is 6.92 Å². The zero-order valence-corrected chi connectivity index (χ0v) is 13.7. The lowest BCUT2D eigenvalue weighted by Crippen LogP contribution is -2.46. The van der Waals surface area contributed by atoms with Crippen LogP contribution in [0, 0.1) is 5.92 Å². The summed E-state index contributed by atoms with van der Waals surface area (Å²) in [6.07, 6.45) is 0. The fourth-order valence-corrected chi connectivity index (χ4v) is 4.36. The van der Waals surface area contributed by atoms with E-state index in [1.165, 1.54) is 30.3 Å². The quantitative estimate of drug-likeness (QED) is 0.776. The Labute approximate surface area is 132 Å². The van der Waals surface area contributed by atoms with Crippen molar-refractivity contribution >= 4 is 11.8 Å². The van der Waals surface area contributed by atoms with Crippen LogP contribution in [0.3, 0.4) is 0 Å². The molecule has 0 N–H and O–H groups in total. The molecule has 1 aromatic carbocycles. The van der Waals surface area contributed by atoms with Crippen LogP contribution in [-0.2, 0) is 4.74 Å². The fourth-order valence-electron chi connectivity index (χ4n) is 3.42. The molecule has 0 spiro atoms. The Balaban J connectivity index is 1.43. The van der Waals surface area contributed by atoms with E-state index in [1.807, 2.05) is 11.8 Å². The molecule has 21 heavy (non-hydrogen) atoms. The number of morpholine rings is 1. The molecule has 0 aromatic heterocycles. The van der Waals surface area contributed by atoms with Gasteiger partial charge < -0.3 is 9.64 Å². The van der Waals surface area contributed by atoms with Gasteiger partial charge in [-0.15, -0.1) is 11.8 Å². The van der Waals surface area contributed by atoms with Gasteiger partial charge >= 0.3 is 0 Å². The average molecular weight is 306 g/mol. The largest absolute Gasteiger partial charge is 0.379 e. The maximum atomic E-state index is 5.48. The van der Waals surface area contributed by atoms with Gasteiger partial charge in [0.2, 0.25) is 0 Å². The van der Waals surface area contributed by atoms with Gasteiger partial charge in [0.05, 0.1) is 13.2 Å². The maximum absolute atomic E-state index is 5.48. The molecule has 0 unspecified atom stereocenters. The number of likely N-dealkylation sites (tertiary alicyclic amines) is 1. The van der Waals surface area contributed by atoms with E-state index in [0.717, 1.165) is 38.3 Å². The Kier molecular flexibility index (Phi) is 5.58. The summed E-state index contributed by atoms with van der Waals surface area (Å²) in [5.74, 6) is 1.97. The second-order valence-electron chi connectivity index (χ2n) is 6.11. The summed E-state index contributed by atoms with van der Waals surface area (Å²) < 4.78 is 5.48. The maximum Gasteiger partial charge on any atom is 0.0594 e. The highest BCUT2D eigenvalue weighted by molar-refractivity contribution is 7.99. The first-order chi connectivity index (χ1) is 10.3. The van der Waals surface area contributed by atoms with Crippen molar-refractivity contribution in [2.75, 3.05) is 51.7 Å². The lowest BCUT2D eigenvalue weighted by Gasteiger charge is -2.34. The SMILES string of the molecule is C[C@H]1CN(CCSc2ccccc2)C[C@H]1N1CCOCC1. The smallest absolute Gasteiger partial charge is 0.0594 e. The van der Waals surface area contributed by atoms with E-state index < -0.39 is 0 Å². The lowest BCUT2D eigenvalue weighted by atomic mass is 10.0. The van der Waals surface area contributed by atoms with Crippen LogP contribution >= 0.6 is 11.8 Å². The molecule has 0 amide bonds. The first kappa shape index (κ1) is 15.3. The van der Waals surface area contributed by atoms with Crippen molar-refractivity contribution in [1.29, 1.82) is 0 Å². The molecule has 0 saturated carbocycles. The van der Waals surface area contributed by atoms with E-state index in [4.69, 9.17) is 4.74 Å². The molecule has 3 rings (SSSR count). The Morgan fingerprint density at radius 3 is 2.67 bits per heavy atom. The number of hydrogen-bond acceptors (Lipinski definition) is 4. The van der Waals surface area contributed by atoms with Crippen LogP contribution in [0.2, 0.25) is 0 Å². The molecular formula is C17H26N2OS. The molecule has 0 aliphatic carbocycles. The summed E-state index contributed by atoms with van der Waals surface area (Å²) in [5.41, 5.74) is 0. The average Bonchev–Trinajstić information content (AvgIpc) is 2.90. The monoisotopic (exact) mass is 306 g/mol. The van der Waals surface area contributed by atoms with Crippen molar-refractivity contribution < 1.29 is 4.74 Å². The molecule has 2 aliphatic heterocycles. The van der Waals surface area contributed by atoms with Gasteiger partial charge in [0, 0.05) is 49.4 Å². The third-order valence-electron chi connectivity index (χ3n) is 4.58. The fraction of sp³-hybridized carbons (Fsp3) is 0.647. The molecule has 2 fully saturated rings. The van der Waals surface area contributed by atoms with Gasteiger partial charge in [-0.25, -0.2) is 0 Å². The number of ether oxygens (including phenoxy) is 1. The van der Waals surface area contributed by atoms with E-state index in [0.29, 0.717) is 0 Å². The molecule has 2 saturated heterocycles. The summed E-state index contributed by atoms with van der Waals surface area (Å²) in [6, 6.07) is 11.5. The number of hydrogen-bond donors (Lipinski definition) is 0. The molecule has 0 radical (unpaired) electrons. The molecule has 0 bridgehead atoms. The zero-order chi connectivity index (χ0) is 14.5. The van der Waals surface area contributed by atoms with E-state index >= 15 is 0 Å². The third-order valence-corrected chi connectivity index (χ3v) is 5.57. The van der Waals surface area contributed by atoms with Crippen LogP contribution in [-0.4, -0.2) is 67.5 Å². The molecule has 3 nitrogen and oxygen atoms in total. The highest BCUT2D eigenvalue weighted by atomic mass is 32.2. The Morgan fingerprint density at radius 1 is 1.14 bits per heavy atom. The van der Waals surface area contributed by atoms with Gasteiger partial charge in [-0.1, -0.05) is 25.1 Å². The first-order valence-electron chi connectivity index (χ1n) is 8.05. The lowest BCUT2D eigenvalue weighted by molar-refractivity contribution is 0.0119. The normalized spacial score (nSPS) is 28.0. The number of nitrogens with zero attached hydrogens (tertiary/aromatic N) is 2. The van der Waals surface area contributed by atoms with Gasteiger partial charge in [0.15, 0.2) is 0 Å². The van der Waals surface area contributed by atoms with Crippen LogP contribution < -0.4 is 0 Å². The number of thioether (sulfide) groups is 1. The van der Waals surface area contributed by atoms with E-state index in [9.17, 15) is 0 Å². The Bertz CT molecular complexity index is 422. The highest BCUT2D eigenvalue weighted by Crippen LogP contribution is 2.24. The van der Waals surface area contributed by atoms with Crippen molar-refractivity contribution in [2.45, 2.75) is 17.9 Å². The van der Waals surface area contributed by atoms with Crippen LogP contribution in [0.15, 0.2) is 35.2 Å². The topological polar surface area (TPSA) is 15.7 Å². The number of benzene rings is 1. The minimum Gasteiger partial charge on any atom is -0.379 e. The van der Waals surface area contributed by atoms with Crippen molar-refractivity contribution in [3.8, 4) is 0 Å². The standard InChI is InChI=1S/C17H26N2OS/c1-15-13-18(9-12-21-16-5-3-2-4-6-16)14-17(15)19-7-10-20-11-8-19/h2-6,15,17H,7-14H2,1H3/t15-,17+/m0/s1. The van der Waals surface area contributed by atoms with Crippen LogP contribution in [0.5, 0.6) is 0 Å². The van der Waals surface area contributed by atoms with Gasteiger partial charge in [0.1, 0.15) is 0 Å². The highest BCUT2D eigenvalue weighted by Gasteiger charge is 2.34. The second kappa shape index (κ2) is 7.63. The summed E-state index contributed by atoms with van der Waals surface area (Å²) in [6.45, 7) is 10.1. The van der Waals surface area contributed by atoms with Crippen molar-refractivity contribution in [3.63, 3.8) is 0 Å². The van der Waals surface area contributed by atoms with Gasteiger partial charge in [-0.2, -0.15) is 0 Å². The van der Waals surface area contributed by atoms with E-state index in [-0.39, 0.29) is 0 Å². The summed E-state index contributed by atoms with van der Waals surface area (Å²) in [5, 5.41) is 0. The second-order valence-corrected chi connectivity index (χ2v) is 7.28. The summed E-state index contributed by atoms with van der Waals surface area (Å²) in [4.78, 5) is 6.66. The molecule has 116 valence electrons. The predicted molar refractivity (Wildman–Crippen MR) is 89.0 cm³/mol. The summed E-state index contributed by atoms with van der Waals surface area (Å²) >= 11 is 1.97. The Morgan fingerprint density at radius 2 is 1.90 bits per heavy atom. The molecule has 2 aliphatic rings. The predicted octanol–water partition coefficient (Wildman–Crippen LogP) is 2.43. The van der Waals surface area contributed by atoms with Crippen molar-refractivity contribution in [3.05, 3.63) is 30.3 Å². The van der Waals surface area contributed by atoms with E-state index in [1.54, 1.807) is 0 Å². The van der Waals surface area contributed by atoms with Crippen LogP contribution in [0.25, 0.3) is 0 Å². The minimum atomic E-state index is 0.732. The molecule has 2 heterocycles. The van der Waals surface area contributed by atoms with Gasteiger partial charge in [-0.3, -0.25) is 4.90 Å². The zero-order valence-electron chi connectivity index (χ0n) is 12.9. The first-order valence-corrected chi connectivity index (χ1v) is 9.03. The molecule has 2 atom stereocenters. The van der Waals surface area contributed by atoms with Crippen molar-refractivity contribution in [2.24, 2.45) is 5.92 Å². The number of rotatable bonds is 5. The molecule has 1 aromatic rings. The third kappa shape index (κ3) is 4.22.